The number of nitrogens with two attached hydrogens (primary N) is 1. The van der Waals surface area contributed by atoms with Crippen LogP contribution in [0.25, 0.3) is 0 Å². The minimum absolute atomic E-state index is 0.0868. The van der Waals surface area contributed by atoms with Crippen LogP contribution in [0.15, 0.2) is 30.5 Å². The Morgan fingerprint density at radius 2 is 1.84 bits per heavy atom. The number of primary amides is 1. The van der Waals surface area contributed by atoms with E-state index in [9.17, 15) is 9.59 Å². The molecular weight excluding hydrogens is 468 g/mol. The highest BCUT2D eigenvalue weighted by molar-refractivity contribution is 5.96. The van der Waals surface area contributed by atoms with Crippen molar-refractivity contribution in [3.63, 3.8) is 0 Å². The van der Waals surface area contributed by atoms with Gasteiger partial charge in [0.05, 0.1) is 12.2 Å². The van der Waals surface area contributed by atoms with Crippen LogP contribution in [0.5, 0.6) is 0 Å². The zero-order chi connectivity index (χ0) is 25.9. The molecule has 0 radical (unpaired) electrons. The third-order valence-corrected chi connectivity index (χ3v) is 8.08. The van der Waals surface area contributed by atoms with Gasteiger partial charge in [-0.2, -0.15) is 0 Å². The molecule has 3 N–H and O–H groups in total. The fourth-order valence-corrected chi connectivity index (χ4v) is 5.78. The summed E-state index contributed by atoms with van der Waals surface area (Å²) in [5, 5.41) is 3.28. The number of carbonyl (C=O) groups excluding carboxylic acids is 2. The number of hydrogen-bond donors (Lipinski definition) is 2. The number of likely N-dealkylation sites (tertiary alicyclic amines) is 1. The van der Waals surface area contributed by atoms with Crippen molar-refractivity contribution < 1.29 is 9.59 Å². The number of urea groups is 1. The van der Waals surface area contributed by atoms with Gasteiger partial charge in [0.1, 0.15) is 5.82 Å². The third-order valence-electron chi connectivity index (χ3n) is 8.08. The molecule has 5 rings (SSSR count). The number of amides is 3. The Kier molecular flexibility index (Phi) is 7.45. The van der Waals surface area contributed by atoms with Crippen LogP contribution in [0.1, 0.15) is 54.6 Å². The van der Waals surface area contributed by atoms with E-state index in [-0.39, 0.29) is 17.8 Å². The van der Waals surface area contributed by atoms with E-state index in [1.54, 1.807) is 11.1 Å². The number of nitrogens with one attached hydrogen (secondary N) is 1. The minimum Gasteiger partial charge on any atom is -0.364 e. The molecule has 0 spiro atoms. The van der Waals surface area contributed by atoms with Crippen molar-refractivity contribution in [2.45, 2.75) is 44.6 Å². The number of piperidine rings is 2. The minimum atomic E-state index is -0.622. The summed E-state index contributed by atoms with van der Waals surface area (Å²) in [4.78, 5) is 42.1. The van der Waals surface area contributed by atoms with Gasteiger partial charge in [0.25, 0.3) is 5.91 Å². The molecule has 0 bridgehead atoms. The molecule has 3 amide bonds. The van der Waals surface area contributed by atoms with Crippen LogP contribution in [0.4, 0.5) is 22.1 Å². The van der Waals surface area contributed by atoms with Crippen molar-refractivity contribution in [3.8, 4) is 0 Å². The fourth-order valence-electron chi connectivity index (χ4n) is 5.78. The van der Waals surface area contributed by atoms with Crippen LogP contribution < -0.4 is 16.0 Å². The molecule has 1 unspecified atom stereocenters. The first-order chi connectivity index (χ1) is 17.9. The van der Waals surface area contributed by atoms with E-state index in [0.29, 0.717) is 24.1 Å². The predicted molar refractivity (Wildman–Crippen MR) is 144 cm³/mol. The van der Waals surface area contributed by atoms with Crippen molar-refractivity contribution in [3.05, 3.63) is 41.7 Å². The zero-order valence-electron chi connectivity index (χ0n) is 21.9. The Hall–Kier alpha value is -3.40. The second-order valence-electron chi connectivity index (χ2n) is 10.4. The summed E-state index contributed by atoms with van der Waals surface area (Å²) in [6, 6.07) is 8.62. The molecule has 3 aliphatic rings. The van der Waals surface area contributed by atoms with Gasteiger partial charge >= 0.3 is 6.03 Å². The number of aromatic nitrogens is 2. The summed E-state index contributed by atoms with van der Waals surface area (Å²) in [6.45, 7) is 8.64. The third kappa shape index (κ3) is 5.49. The number of likely N-dealkylation sites (N-methyl/N-ethyl adjacent to an activating group) is 1. The molecule has 37 heavy (non-hydrogen) atoms. The molecule has 4 heterocycles. The van der Waals surface area contributed by atoms with Gasteiger partial charge in [0, 0.05) is 38.9 Å². The van der Waals surface area contributed by atoms with Gasteiger partial charge in [0.2, 0.25) is 0 Å². The number of hydrogen-bond acceptors (Lipinski definition) is 7. The number of nitrogens with zero attached hydrogens (tertiary/aromatic N) is 6. The Morgan fingerprint density at radius 1 is 1.08 bits per heavy atom. The summed E-state index contributed by atoms with van der Waals surface area (Å²) in [7, 11) is 1.84. The zero-order valence-corrected chi connectivity index (χ0v) is 21.9. The molecular formula is C27H38N8O2. The second kappa shape index (κ2) is 10.9. The summed E-state index contributed by atoms with van der Waals surface area (Å²) < 4.78 is 0. The van der Waals surface area contributed by atoms with Crippen molar-refractivity contribution in [1.82, 2.24) is 24.7 Å². The summed E-state index contributed by atoms with van der Waals surface area (Å²) >= 11 is 0. The van der Waals surface area contributed by atoms with Crippen LogP contribution in [-0.4, -0.2) is 95.5 Å². The Balaban J connectivity index is 1.30. The van der Waals surface area contributed by atoms with Gasteiger partial charge in [-0.3, -0.25) is 4.79 Å². The average Bonchev–Trinajstić information content (AvgIpc) is 3.27. The highest BCUT2D eigenvalue weighted by atomic mass is 16.2. The van der Waals surface area contributed by atoms with E-state index in [0.717, 1.165) is 57.8 Å². The molecule has 3 saturated heterocycles. The lowest BCUT2D eigenvalue weighted by atomic mass is 9.89. The monoisotopic (exact) mass is 506 g/mol. The Morgan fingerprint density at radius 3 is 2.49 bits per heavy atom. The smallest absolute Gasteiger partial charge is 0.320 e. The van der Waals surface area contributed by atoms with Gasteiger partial charge in [-0.25, -0.2) is 14.8 Å². The maximum Gasteiger partial charge on any atom is 0.320 e. The van der Waals surface area contributed by atoms with Gasteiger partial charge in [-0.15, -0.1) is 0 Å². The number of anilines is 3. The molecule has 198 valence electrons. The van der Waals surface area contributed by atoms with Gasteiger partial charge in [-0.1, -0.05) is 19.1 Å². The van der Waals surface area contributed by atoms with E-state index in [1.807, 2.05) is 24.1 Å². The topological polar surface area (TPSA) is 111 Å². The Labute approximate surface area is 218 Å². The van der Waals surface area contributed by atoms with E-state index in [4.69, 9.17) is 10.7 Å². The summed E-state index contributed by atoms with van der Waals surface area (Å²) in [6.07, 6.45) is 5.89. The van der Waals surface area contributed by atoms with Crippen molar-refractivity contribution in [1.29, 1.82) is 0 Å². The number of rotatable bonds is 7. The van der Waals surface area contributed by atoms with Gasteiger partial charge < -0.3 is 30.7 Å². The van der Waals surface area contributed by atoms with Gasteiger partial charge in [-0.05, 0) is 68.9 Å². The van der Waals surface area contributed by atoms with Crippen LogP contribution in [-0.2, 0) is 0 Å². The van der Waals surface area contributed by atoms with E-state index in [2.05, 4.69) is 39.2 Å². The maximum atomic E-state index is 12.5. The molecule has 1 aromatic heterocycles. The lowest BCUT2D eigenvalue weighted by Gasteiger charge is -2.37. The lowest BCUT2D eigenvalue weighted by Crippen LogP contribution is -2.49. The fraction of sp³-hybridized carbons (Fsp3) is 0.556. The van der Waals surface area contributed by atoms with Crippen molar-refractivity contribution in [2.24, 2.45) is 5.73 Å². The van der Waals surface area contributed by atoms with Crippen molar-refractivity contribution in [2.75, 3.05) is 63.1 Å². The first-order valence-electron chi connectivity index (χ1n) is 13.5. The average molecular weight is 507 g/mol. The molecule has 3 aliphatic heterocycles. The first kappa shape index (κ1) is 25.3. The standard InChI is InChI=1S/C27H38N8O2/c1-3-33-13-10-20(11-14-33)19-6-8-21(9-7-19)30-26-24(25(28)36)29-17-23(31-26)34-12-4-5-22(18-34)35-16-15-32(2)27(35)37/h6-9,17,20,22H,3-5,10-16,18H2,1-2H3,(H2,28,36)(H,30,31). The number of carbonyl (C=O) groups is 2. The first-order valence-corrected chi connectivity index (χ1v) is 13.5. The maximum absolute atomic E-state index is 12.5. The summed E-state index contributed by atoms with van der Waals surface area (Å²) in [5.74, 6) is 0.989. The van der Waals surface area contributed by atoms with Crippen LogP contribution in [0.2, 0.25) is 0 Å². The lowest BCUT2D eigenvalue weighted by molar-refractivity contribution is 0.0996. The molecule has 10 nitrogen and oxygen atoms in total. The SMILES string of the molecule is CCN1CCC(c2ccc(Nc3nc(N4CCCC(N5CCN(C)C5=O)C4)cnc3C(N)=O)cc2)CC1. The van der Waals surface area contributed by atoms with Crippen LogP contribution >= 0.6 is 0 Å². The molecule has 1 atom stereocenters. The van der Waals surface area contributed by atoms with Crippen molar-refractivity contribution >= 4 is 29.3 Å². The highest BCUT2D eigenvalue weighted by Gasteiger charge is 2.34. The predicted octanol–water partition coefficient (Wildman–Crippen LogP) is 2.85. The molecule has 2 aromatic rings. The van der Waals surface area contributed by atoms with Crippen LogP contribution in [0, 0.1) is 0 Å². The van der Waals surface area contributed by atoms with Gasteiger partial charge in [0.15, 0.2) is 11.5 Å². The Bertz CT molecular complexity index is 1120. The van der Waals surface area contributed by atoms with E-state index >= 15 is 0 Å². The molecule has 1 aromatic carbocycles. The number of benzene rings is 1. The van der Waals surface area contributed by atoms with E-state index < -0.39 is 5.91 Å². The second-order valence-corrected chi connectivity index (χ2v) is 10.4. The molecule has 3 fully saturated rings. The molecule has 0 aliphatic carbocycles. The normalized spacial score (nSPS) is 21.5. The summed E-state index contributed by atoms with van der Waals surface area (Å²) in [5.41, 5.74) is 7.93. The molecule has 0 saturated carbocycles. The molecule has 10 heteroatoms. The quantitative estimate of drug-likeness (QED) is 0.594. The van der Waals surface area contributed by atoms with E-state index in [1.165, 1.54) is 18.4 Å². The highest BCUT2D eigenvalue weighted by Crippen LogP contribution is 2.30. The largest absolute Gasteiger partial charge is 0.364 e. The van der Waals surface area contributed by atoms with Crippen LogP contribution in [0.3, 0.4) is 0 Å².